The summed E-state index contributed by atoms with van der Waals surface area (Å²) < 4.78 is 28.6. The second kappa shape index (κ2) is 11.1. The Bertz CT molecular complexity index is 976. The molecular formula is C25H31N3O2S. The van der Waals surface area contributed by atoms with Crippen LogP contribution in [0.5, 0.6) is 0 Å². The summed E-state index contributed by atoms with van der Waals surface area (Å²) in [4.78, 5) is 6.91. The molecule has 1 heterocycles. The molecule has 3 rings (SSSR count). The molecule has 0 spiro atoms. The second-order valence-corrected chi connectivity index (χ2v) is 9.52. The van der Waals surface area contributed by atoms with E-state index in [1.807, 2.05) is 66.7 Å². The van der Waals surface area contributed by atoms with Gasteiger partial charge in [-0.15, -0.1) is 0 Å². The molecule has 3 aromatic rings. The van der Waals surface area contributed by atoms with E-state index in [0.717, 1.165) is 42.9 Å². The Balaban J connectivity index is 1.89. The molecule has 2 aromatic carbocycles. The number of pyridine rings is 1. The highest BCUT2D eigenvalue weighted by Crippen LogP contribution is 2.22. The predicted molar refractivity (Wildman–Crippen MR) is 126 cm³/mol. The highest BCUT2D eigenvalue weighted by Gasteiger charge is 2.25. The van der Waals surface area contributed by atoms with Crippen molar-refractivity contribution in [3.63, 3.8) is 0 Å². The van der Waals surface area contributed by atoms with E-state index in [1.54, 1.807) is 6.07 Å². The molecule has 0 saturated carbocycles. The van der Waals surface area contributed by atoms with Crippen molar-refractivity contribution < 1.29 is 8.42 Å². The van der Waals surface area contributed by atoms with Crippen molar-refractivity contribution in [3.8, 4) is 0 Å². The first-order chi connectivity index (χ1) is 15.0. The molecule has 0 N–H and O–H groups in total. The van der Waals surface area contributed by atoms with Crippen molar-refractivity contribution in [3.05, 3.63) is 90.1 Å². The van der Waals surface area contributed by atoms with Gasteiger partial charge in [-0.25, -0.2) is 13.4 Å². The number of aromatic nitrogens is 1. The largest absolute Gasteiger partial charge is 0.357 e. The lowest BCUT2D eigenvalue weighted by Crippen LogP contribution is -2.30. The molecule has 5 nitrogen and oxygen atoms in total. The van der Waals surface area contributed by atoms with E-state index in [1.165, 1.54) is 10.5 Å². The van der Waals surface area contributed by atoms with Gasteiger partial charge < -0.3 is 4.90 Å². The lowest BCUT2D eigenvalue weighted by atomic mass is 10.2. The van der Waals surface area contributed by atoms with E-state index in [0.29, 0.717) is 13.1 Å². The first-order valence-electron chi connectivity index (χ1n) is 10.8. The summed E-state index contributed by atoms with van der Waals surface area (Å²) in [5.74, 6) is 0.820. The summed E-state index contributed by atoms with van der Waals surface area (Å²) >= 11 is 0. The third-order valence-electron chi connectivity index (χ3n) is 5.07. The Hall–Kier alpha value is -2.70. The Kier molecular flexibility index (Phi) is 8.20. The number of benzene rings is 2. The fourth-order valence-corrected chi connectivity index (χ4v) is 4.90. The number of nitrogens with zero attached hydrogens (tertiary/aromatic N) is 3. The van der Waals surface area contributed by atoms with E-state index >= 15 is 0 Å². The van der Waals surface area contributed by atoms with Gasteiger partial charge in [0.05, 0.1) is 0 Å². The summed E-state index contributed by atoms with van der Waals surface area (Å²) in [5, 5.41) is 0. The Morgan fingerprint density at radius 1 is 0.742 bits per heavy atom. The first kappa shape index (κ1) is 23.0. The van der Waals surface area contributed by atoms with Crippen LogP contribution >= 0.6 is 0 Å². The quantitative estimate of drug-likeness (QED) is 0.419. The van der Waals surface area contributed by atoms with Gasteiger partial charge in [0.2, 0.25) is 10.0 Å². The summed E-state index contributed by atoms with van der Waals surface area (Å²) in [5.41, 5.74) is 1.90. The Morgan fingerprint density at radius 2 is 1.26 bits per heavy atom. The van der Waals surface area contributed by atoms with Crippen LogP contribution in [0.2, 0.25) is 0 Å². The number of sulfonamides is 1. The summed E-state index contributed by atoms with van der Waals surface area (Å²) in [6, 6.07) is 22.9. The zero-order valence-corrected chi connectivity index (χ0v) is 19.1. The topological polar surface area (TPSA) is 53.5 Å². The predicted octanol–water partition coefficient (Wildman–Crippen LogP) is 5.10. The minimum atomic E-state index is -3.71. The minimum absolute atomic E-state index is 0.219. The lowest BCUT2D eigenvalue weighted by Gasteiger charge is -2.24. The maximum absolute atomic E-state index is 13.5. The molecule has 0 saturated heterocycles. The highest BCUT2D eigenvalue weighted by molar-refractivity contribution is 7.89. The summed E-state index contributed by atoms with van der Waals surface area (Å²) in [6.07, 6.45) is 3.53. The van der Waals surface area contributed by atoms with Crippen LogP contribution in [-0.4, -0.2) is 30.8 Å². The van der Waals surface area contributed by atoms with Crippen molar-refractivity contribution in [2.75, 3.05) is 18.0 Å². The molecule has 0 unspecified atom stereocenters. The standard InChI is InChI=1S/C25H31N3O2S/c1-3-17-27(18-4-2)25-16-15-24(19-26-25)31(29,30)28(20-22-11-7-5-8-12-22)21-23-13-9-6-10-14-23/h5-16,19H,3-4,17-18,20-21H2,1-2H3. The Labute approximate surface area is 186 Å². The average Bonchev–Trinajstić information content (AvgIpc) is 2.80. The monoisotopic (exact) mass is 437 g/mol. The van der Waals surface area contributed by atoms with Crippen LogP contribution in [0.4, 0.5) is 5.82 Å². The molecule has 0 radical (unpaired) electrons. The fraction of sp³-hybridized carbons (Fsp3) is 0.320. The molecule has 0 aliphatic heterocycles. The molecule has 31 heavy (non-hydrogen) atoms. The van der Waals surface area contributed by atoms with E-state index in [4.69, 9.17) is 0 Å². The van der Waals surface area contributed by atoms with Gasteiger partial charge in [-0.3, -0.25) is 0 Å². The average molecular weight is 438 g/mol. The summed E-state index contributed by atoms with van der Waals surface area (Å²) in [6.45, 7) is 6.68. The molecular weight excluding hydrogens is 406 g/mol. The van der Waals surface area contributed by atoms with Crippen LogP contribution in [-0.2, 0) is 23.1 Å². The van der Waals surface area contributed by atoms with Crippen LogP contribution in [0.25, 0.3) is 0 Å². The van der Waals surface area contributed by atoms with Gasteiger partial charge in [-0.1, -0.05) is 74.5 Å². The molecule has 164 valence electrons. The molecule has 0 aliphatic carbocycles. The van der Waals surface area contributed by atoms with Crippen LogP contribution in [0, 0.1) is 0 Å². The van der Waals surface area contributed by atoms with Crippen molar-refractivity contribution in [1.82, 2.24) is 9.29 Å². The van der Waals surface area contributed by atoms with Gasteiger partial charge in [0.25, 0.3) is 0 Å². The van der Waals surface area contributed by atoms with Gasteiger partial charge in [0, 0.05) is 32.4 Å². The molecule has 1 aromatic heterocycles. The number of rotatable bonds is 11. The van der Waals surface area contributed by atoms with Crippen LogP contribution < -0.4 is 4.90 Å². The molecule has 0 atom stereocenters. The van der Waals surface area contributed by atoms with E-state index in [9.17, 15) is 8.42 Å². The van der Waals surface area contributed by atoms with E-state index in [-0.39, 0.29) is 4.90 Å². The zero-order chi connectivity index (χ0) is 22.1. The summed E-state index contributed by atoms with van der Waals surface area (Å²) in [7, 11) is -3.71. The fourth-order valence-electron chi connectivity index (χ4n) is 3.54. The van der Waals surface area contributed by atoms with E-state index in [2.05, 4.69) is 23.7 Å². The first-order valence-corrected chi connectivity index (χ1v) is 12.3. The van der Waals surface area contributed by atoms with Crippen molar-refractivity contribution >= 4 is 15.8 Å². The molecule has 0 aliphatic rings. The molecule has 0 fully saturated rings. The van der Waals surface area contributed by atoms with Crippen LogP contribution in [0.15, 0.2) is 83.9 Å². The maximum atomic E-state index is 13.5. The smallest absolute Gasteiger partial charge is 0.245 e. The zero-order valence-electron chi connectivity index (χ0n) is 18.3. The van der Waals surface area contributed by atoms with Gasteiger partial charge in [0.15, 0.2) is 0 Å². The maximum Gasteiger partial charge on any atom is 0.245 e. The normalized spacial score (nSPS) is 11.6. The second-order valence-electron chi connectivity index (χ2n) is 7.58. The highest BCUT2D eigenvalue weighted by atomic mass is 32.2. The number of hydrogen-bond acceptors (Lipinski definition) is 4. The molecule has 6 heteroatoms. The third-order valence-corrected chi connectivity index (χ3v) is 6.85. The van der Waals surface area contributed by atoms with Crippen LogP contribution in [0.1, 0.15) is 37.8 Å². The van der Waals surface area contributed by atoms with Crippen molar-refractivity contribution in [2.24, 2.45) is 0 Å². The molecule has 0 bridgehead atoms. The molecule has 0 amide bonds. The minimum Gasteiger partial charge on any atom is -0.357 e. The number of hydrogen-bond donors (Lipinski definition) is 0. The van der Waals surface area contributed by atoms with Crippen LogP contribution in [0.3, 0.4) is 0 Å². The van der Waals surface area contributed by atoms with E-state index < -0.39 is 10.0 Å². The van der Waals surface area contributed by atoms with Gasteiger partial charge in [0.1, 0.15) is 10.7 Å². The third kappa shape index (κ3) is 6.15. The Morgan fingerprint density at radius 3 is 1.68 bits per heavy atom. The van der Waals surface area contributed by atoms with Gasteiger partial charge in [-0.2, -0.15) is 4.31 Å². The van der Waals surface area contributed by atoms with Crippen molar-refractivity contribution in [2.45, 2.75) is 44.7 Å². The van der Waals surface area contributed by atoms with Gasteiger partial charge in [-0.05, 0) is 36.1 Å². The lowest BCUT2D eigenvalue weighted by molar-refractivity contribution is 0.401. The van der Waals surface area contributed by atoms with Gasteiger partial charge >= 0.3 is 0 Å². The SMILES string of the molecule is CCCN(CCC)c1ccc(S(=O)(=O)N(Cc2ccccc2)Cc2ccccc2)cn1. The number of anilines is 1. The van der Waals surface area contributed by atoms with Crippen molar-refractivity contribution in [1.29, 1.82) is 0 Å².